The standard InChI is InChI=1S/C8H15N5O/c1-6(8(9)12-14)11-5-7-10-3-4-13(7)2/h3-4,6,11,14H,5H2,1-2H3,(H2,9,12). The third-order valence-electron chi connectivity index (χ3n) is 2.05. The van der Waals surface area contributed by atoms with E-state index in [2.05, 4.69) is 15.5 Å². The molecule has 0 aliphatic heterocycles. The molecule has 0 amide bonds. The molecule has 0 aromatic carbocycles. The fourth-order valence-electron chi connectivity index (χ4n) is 1.00. The molecule has 0 saturated carbocycles. The molecule has 6 heteroatoms. The number of rotatable bonds is 4. The molecule has 14 heavy (non-hydrogen) atoms. The fourth-order valence-corrected chi connectivity index (χ4v) is 1.00. The number of amidine groups is 1. The van der Waals surface area contributed by atoms with Crippen LogP contribution >= 0.6 is 0 Å². The van der Waals surface area contributed by atoms with Gasteiger partial charge in [0, 0.05) is 19.4 Å². The van der Waals surface area contributed by atoms with Gasteiger partial charge in [0.25, 0.3) is 0 Å². The van der Waals surface area contributed by atoms with Crippen molar-refractivity contribution in [2.24, 2.45) is 17.9 Å². The lowest BCUT2D eigenvalue weighted by molar-refractivity contribution is 0.315. The Hall–Kier alpha value is -1.56. The molecule has 6 nitrogen and oxygen atoms in total. The number of nitrogens with zero attached hydrogens (tertiary/aromatic N) is 3. The van der Waals surface area contributed by atoms with Crippen LogP contribution in [0.4, 0.5) is 0 Å². The lowest BCUT2D eigenvalue weighted by Crippen LogP contribution is -2.39. The average Bonchev–Trinajstić information content (AvgIpc) is 2.59. The van der Waals surface area contributed by atoms with Gasteiger partial charge in [0.05, 0.1) is 12.6 Å². The van der Waals surface area contributed by atoms with Crippen molar-refractivity contribution in [2.75, 3.05) is 0 Å². The maximum atomic E-state index is 8.42. The molecule has 0 saturated heterocycles. The highest BCUT2D eigenvalue weighted by Gasteiger charge is 2.07. The number of aryl methyl sites for hydroxylation is 1. The fraction of sp³-hybridized carbons (Fsp3) is 0.500. The summed E-state index contributed by atoms with van der Waals surface area (Å²) in [5.74, 6) is 1.07. The van der Waals surface area contributed by atoms with Crippen LogP contribution < -0.4 is 11.1 Å². The molecule has 0 bridgehead atoms. The molecule has 1 unspecified atom stereocenters. The van der Waals surface area contributed by atoms with Crippen molar-refractivity contribution in [2.45, 2.75) is 19.5 Å². The van der Waals surface area contributed by atoms with Gasteiger partial charge >= 0.3 is 0 Å². The molecule has 78 valence electrons. The monoisotopic (exact) mass is 197 g/mol. The van der Waals surface area contributed by atoms with Crippen LogP contribution in [-0.4, -0.2) is 26.6 Å². The van der Waals surface area contributed by atoms with E-state index >= 15 is 0 Å². The molecule has 1 rings (SSSR count). The zero-order valence-corrected chi connectivity index (χ0v) is 8.31. The Labute approximate surface area is 82.4 Å². The van der Waals surface area contributed by atoms with Gasteiger partial charge in [0.2, 0.25) is 0 Å². The largest absolute Gasteiger partial charge is 0.409 e. The SMILES string of the molecule is CC(NCc1nccn1C)C(N)=NO. The molecule has 0 radical (unpaired) electrons. The number of imidazole rings is 1. The average molecular weight is 197 g/mol. The molecule has 0 aliphatic rings. The van der Waals surface area contributed by atoms with Gasteiger partial charge in [-0.15, -0.1) is 0 Å². The van der Waals surface area contributed by atoms with Crippen LogP contribution in [0, 0.1) is 0 Å². The van der Waals surface area contributed by atoms with E-state index in [0.29, 0.717) is 6.54 Å². The van der Waals surface area contributed by atoms with Crippen molar-refractivity contribution < 1.29 is 5.21 Å². The minimum Gasteiger partial charge on any atom is -0.409 e. The van der Waals surface area contributed by atoms with E-state index in [4.69, 9.17) is 10.9 Å². The predicted molar refractivity (Wildman–Crippen MR) is 52.9 cm³/mol. The van der Waals surface area contributed by atoms with E-state index in [1.165, 1.54) is 0 Å². The van der Waals surface area contributed by atoms with Gasteiger partial charge in [-0.3, -0.25) is 0 Å². The summed E-state index contributed by atoms with van der Waals surface area (Å²) in [4.78, 5) is 4.13. The van der Waals surface area contributed by atoms with Crippen molar-refractivity contribution in [3.8, 4) is 0 Å². The summed E-state index contributed by atoms with van der Waals surface area (Å²) in [5, 5.41) is 14.4. The third kappa shape index (κ3) is 2.46. The van der Waals surface area contributed by atoms with E-state index in [-0.39, 0.29) is 11.9 Å². The second kappa shape index (κ2) is 4.61. The predicted octanol–water partition coefficient (Wildman–Crippen LogP) is -0.355. The zero-order valence-electron chi connectivity index (χ0n) is 8.31. The lowest BCUT2D eigenvalue weighted by atomic mass is 10.3. The zero-order chi connectivity index (χ0) is 10.6. The first-order valence-corrected chi connectivity index (χ1v) is 4.32. The van der Waals surface area contributed by atoms with Crippen molar-refractivity contribution in [3.05, 3.63) is 18.2 Å². The van der Waals surface area contributed by atoms with Gasteiger partial charge in [-0.1, -0.05) is 5.16 Å². The summed E-state index contributed by atoms with van der Waals surface area (Å²) in [6, 6.07) is -0.170. The number of nitrogens with two attached hydrogens (primary N) is 1. The number of oxime groups is 1. The van der Waals surface area contributed by atoms with E-state index < -0.39 is 0 Å². The Bertz CT molecular complexity index is 319. The normalized spacial score (nSPS) is 14.3. The maximum Gasteiger partial charge on any atom is 0.156 e. The topological polar surface area (TPSA) is 88.5 Å². The quantitative estimate of drug-likeness (QED) is 0.266. The number of hydrogen-bond donors (Lipinski definition) is 3. The minimum atomic E-state index is -0.170. The molecule has 0 fully saturated rings. The van der Waals surface area contributed by atoms with Gasteiger partial charge < -0.3 is 20.8 Å². The Morgan fingerprint density at radius 3 is 3.07 bits per heavy atom. The van der Waals surface area contributed by atoms with Crippen LogP contribution in [0.2, 0.25) is 0 Å². The Morgan fingerprint density at radius 2 is 2.57 bits per heavy atom. The van der Waals surface area contributed by atoms with E-state index in [0.717, 1.165) is 5.82 Å². The van der Waals surface area contributed by atoms with Gasteiger partial charge in [0.1, 0.15) is 5.82 Å². The third-order valence-corrected chi connectivity index (χ3v) is 2.05. The van der Waals surface area contributed by atoms with E-state index in [1.54, 1.807) is 6.20 Å². The summed E-state index contributed by atoms with van der Waals surface area (Å²) >= 11 is 0. The lowest BCUT2D eigenvalue weighted by Gasteiger charge is -2.11. The number of hydrogen-bond acceptors (Lipinski definition) is 4. The molecule has 0 spiro atoms. The molecular weight excluding hydrogens is 182 g/mol. The maximum absolute atomic E-state index is 8.42. The van der Waals surface area contributed by atoms with Crippen molar-refractivity contribution in [1.82, 2.24) is 14.9 Å². The second-order valence-electron chi connectivity index (χ2n) is 3.08. The molecule has 0 aliphatic carbocycles. The highest BCUT2D eigenvalue weighted by atomic mass is 16.4. The summed E-state index contributed by atoms with van der Waals surface area (Å²) in [7, 11) is 1.91. The number of nitrogens with one attached hydrogen (secondary N) is 1. The first-order chi connectivity index (χ1) is 6.65. The Kier molecular flexibility index (Phi) is 3.47. The minimum absolute atomic E-state index is 0.166. The van der Waals surface area contributed by atoms with Gasteiger partial charge in [-0.05, 0) is 6.92 Å². The highest BCUT2D eigenvalue weighted by Crippen LogP contribution is 1.94. The van der Waals surface area contributed by atoms with E-state index in [1.807, 2.05) is 24.7 Å². The summed E-state index contributed by atoms with van der Waals surface area (Å²) in [6.45, 7) is 2.40. The van der Waals surface area contributed by atoms with E-state index in [9.17, 15) is 0 Å². The number of aromatic nitrogens is 2. The molecule has 1 aromatic rings. The van der Waals surface area contributed by atoms with Crippen LogP contribution in [0.15, 0.2) is 17.5 Å². The van der Waals surface area contributed by atoms with Crippen LogP contribution in [0.1, 0.15) is 12.7 Å². The van der Waals surface area contributed by atoms with Gasteiger partial charge in [-0.25, -0.2) is 4.98 Å². The first-order valence-electron chi connectivity index (χ1n) is 4.32. The van der Waals surface area contributed by atoms with Gasteiger partial charge in [0.15, 0.2) is 5.84 Å². The Morgan fingerprint density at radius 1 is 1.86 bits per heavy atom. The van der Waals surface area contributed by atoms with Gasteiger partial charge in [-0.2, -0.15) is 0 Å². The molecule has 1 aromatic heterocycles. The Balaban J connectivity index is 2.45. The molecule has 1 heterocycles. The summed E-state index contributed by atoms with van der Waals surface area (Å²) in [6.07, 6.45) is 3.59. The second-order valence-corrected chi connectivity index (χ2v) is 3.08. The highest BCUT2D eigenvalue weighted by molar-refractivity contribution is 5.84. The van der Waals surface area contributed by atoms with Crippen LogP contribution in [0.5, 0.6) is 0 Å². The van der Waals surface area contributed by atoms with Crippen LogP contribution in [-0.2, 0) is 13.6 Å². The van der Waals surface area contributed by atoms with Crippen molar-refractivity contribution >= 4 is 5.84 Å². The van der Waals surface area contributed by atoms with Crippen LogP contribution in [0.3, 0.4) is 0 Å². The molecule has 4 N–H and O–H groups in total. The summed E-state index contributed by atoms with van der Waals surface area (Å²) < 4.78 is 1.91. The van der Waals surface area contributed by atoms with Crippen molar-refractivity contribution in [3.63, 3.8) is 0 Å². The molecule has 1 atom stereocenters. The van der Waals surface area contributed by atoms with Crippen LogP contribution in [0.25, 0.3) is 0 Å². The molecular formula is C8H15N5O. The first kappa shape index (κ1) is 10.5. The summed E-state index contributed by atoms with van der Waals surface area (Å²) in [5.41, 5.74) is 5.40. The van der Waals surface area contributed by atoms with Crippen molar-refractivity contribution in [1.29, 1.82) is 0 Å². The smallest absolute Gasteiger partial charge is 0.156 e.